The molecule has 0 saturated heterocycles. The summed E-state index contributed by atoms with van der Waals surface area (Å²) in [6.45, 7) is 5.99. The molecule has 1 aromatic heterocycles. The van der Waals surface area contributed by atoms with Gasteiger partial charge in [0, 0.05) is 16.8 Å². The monoisotopic (exact) mass is 356 g/mol. The molecule has 1 amide bonds. The number of amides is 1. The van der Waals surface area contributed by atoms with Crippen molar-refractivity contribution < 1.29 is 9.21 Å². The Bertz CT molecular complexity index is 1160. The normalized spacial score (nSPS) is 10.9. The summed E-state index contributed by atoms with van der Waals surface area (Å²) in [7, 11) is 0. The Labute approximate surface area is 157 Å². The van der Waals surface area contributed by atoms with Crippen molar-refractivity contribution in [3.8, 4) is 11.5 Å². The van der Waals surface area contributed by atoms with E-state index in [1.54, 1.807) is 0 Å². The molecule has 0 fully saturated rings. The van der Waals surface area contributed by atoms with Gasteiger partial charge in [-0.3, -0.25) is 4.79 Å². The number of benzene rings is 3. The Morgan fingerprint density at radius 2 is 1.74 bits per heavy atom. The molecule has 4 aromatic rings. The van der Waals surface area contributed by atoms with Crippen LogP contribution in [-0.2, 0) is 0 Å². The van der Waals surface area contributed by atoms with Gasteiger partial charge < -0.3 is 9.73 Å². The van der Waals surface area contributed by atoms with Crippen LogP contribution in [0, 0.1) is 20.8 Å². The highest BCUT2D eigenvalue weighted by atomic mass is 16.3. The first-order chi connectivity index (χ1) is 13.0. The summed E-state index contributed by atoms with van der Waals surface area (Å²) in [5.74, 6) is 0.417. The topological polar surface area (TPSA) is 55.1 Å². The second kappa shape index (κ2) is 6.72. The van der Waals surface area contributed by atoms with Crippen molar-refractivity contribution in [2.45, 2.75) is 20.8 Å². The van der Waals surface area contributed by atoms with E-state index < -0.39 is 0 Å². The van der Waals surface area contributed by atoms with Gasteiger partial charge in [-0.1, -0.05) is 30.3 Å². The molecule has 0 saturated carbocycles. The second-order valence-corrected chi connectivity index (χ2v) is 6.80. The number of hydrogen-bond acceptors (Lipinski definition) is 3. The highest BCUT2D eigenvalue weighted by Crippen LogP contribution is 2.28. The lowest BCUT2D eigenvalue weighted by Crippen LogP contribution is -2.13. The molecule has 27 heavy (non-hydrogen) atoms. The van der Waals surface area contributed by atoms with Crippen LogP contribution < -0.4 is 5.32 Å². The van der Waals surface area contributed by atoms with Gasteiger partial charge >= 0.3 is 0 Å². The predicted molar refractivity (Wildman–Crippen MR) is 108 cm³/mol. The lowest BCUT2D eigenvalue weighted by molar-refractivity contribution is 0.102. The first kappa shape index (κ1) is 17.0. The maximum atomic E-state index is 12.6. The third-order valence-electron chi connectivity index (χ3n) is 4.58. The molecule has 0 unspecified atom stereocenters. The van der Waals surface area contributed by atoms with Crippen molar-refractivity contribution in [2.24, 2.45) is 0 Å². The van der Waals surface area contributed by atoms with Crippen LogP contribution in [0.4, 0.5) is 5.69 Å². The van der Waals surface area contributed by atoms with E-state index >= 15 is 0 Å². The van der Waals surface area contributed by atoms with Crippen LogP contribution in [0.15, 0.2) is 65.1 Å². The van der Waals surface area contributed by atoms with Gasteiger partial charge in [0.05, 0.1) is 0 Å². The average molecular weight is 356 g/mol. The van der Waals surface area contributed by atoms with E-state index in [-0.39, 0.29) is 5.91 Å². The standard InChI is InChI=1S/C23H20N2O2/c1-14-11-16(3)21-20(12-14)25-23(27-21)17-8-6-9-18(13-17)24-22(26)19-10-5-4-7-15(19)2/h4-13H,1-3H3,(H,24,26). The first-order valence-corrected chi connectivity index (χ1v) is 8.86. The molecule has 1 N–H and O–H groups in total. The summed E-state index contributed by atoms with van der Waals surface area (Å²) in [5, 5.41) is 2.96. The number of rotatable bonds is 3. The molecular weight excluding hydrogens is 336 g/mol. The van der Waals surface area contributed by atoms with Crippen LogP contribution in [0.5, 0.6) is 0 Å². The van der Waals surface area contributed by atoms with E-state index in [4.69, 9.17) is 4.42 Å². The zero-order valence-electron chi connectivity index (χ0n) is 15.5. The minimum atomic E-state index is -0.130. The van der Waals surface area contributed by atoms with Crippen molar-refractivity contribution in [3.63, 3.8) is 0 Å². The molecule has 134 valence electrons. The summed E-state index contributed by atoms with van der Waals surface area (Å²) in [6.07, 6.45) is 0. The Hall–Kier alpha value is -3.40. The van der Waals surface area contributed by atoms with Crippen LogP contribution in [0.1, 0.15) is 27.0 Å². The van der Waals surface area contributed by atoms with E-state index in [9.17, 15) is 4.79 Å². The lowest BCUT2D eigenvalue weighted by Gasteiger charge is -2.08. The molecular formula is C23H20N2O2. The molecule has 0 aliphatic rings. The van der Waals surface area contributed by atoms with Crippen molar-refractivity contribution in [1.82, 2.24) is 4.98 Å². The van der Waals surface area contributed by atoms with Gasteiger partial charge in [0.15, 0.2) is 5.58 Å². The quantitative estimate of drug-likeness (QED) is 0.514. The van der Waals surface area contributed by atoms with E-state index in [1.807, 2.05) is 75.4 Å². The van der Waals surface area contributed by atoms with Crippen LogP contribution in [-0.4, -0.2) is 10.9 Å². The molecule has 0 atom stereocenters. The zero-order valence-corrected chi connectivity index (χ0v) is 15.5. The lowest BCUT2D eigenvalue weighted by atomic mass is 10.1. The Morgan fingerprint density at radius 3 is 2.56 bits per heavy atom. The van der Waals surface area contributed by atoms with Crippen molar-refractivity contribution in [1.29, 1.82) is 0 Å². The van der Waals surface area contributed by atoms with Gasteiger partial charge in [0.25, 0.3) is 5.91 Å². The molecule has 4 rings (SSSR count). The number of anilines is 1. The SMILES string of the molecule is Cc1cc(C)c2oc(-c3cccc(NC(=O)c4ccccc4C)c3)nc2c1. The van der Waals surface area contributed by atoms with E-state index in [0.29, 0.717) is 17.1 Å². The number of nitrogens with zero attached hydrogens (tertiary/aromatic N) is 1. The smallest absolute Gasteiger partial charge is 0.255 e. The molecule has 1 heterocycles. The number of fused-ring (bicyclic) bond motifs is 1. The molecule has 0 aliphatic carbocycles. The minimum absolute atomic E-state index is 0.130. The summed E-state index contributed by atoms with van der Waals surface area (Å²) >= 11 is 0. The van der Waals surface area contributed by atoms with Crippen molar-refractivity contribution in [2.75, 3.05) is 5.32 Å². The third-order valence-corrected chi connectivity index (χ3v) is 4.58. The molecule has 0 aliphatic heterocycles. The number of carbonyl (C=O) groups is 1. The summed E-state index contributed by atoms with van der Waals surface area (Å²) in [4.78, 5) is 17.2. The summed E-state index contributed by atoms with van der Waals surface area (Å²) in [6, 6.07) is 19.2. The average Bonchev–Trinajstić information content (AvgIpc) is 3.06. The maximum absolute atomic E-state index is 12.6. The van der Waals surface area contributed by atoms with Gasteiger partial charge in [-0.05, 0) is 67.8 Å². The Balaban J connectivity index is 1.66. The molecule has 4 nitrogen and oxygen atoms in total. The fourth-order valence-electron chi connectivity index (χ4n) is 3.26. The van der Waals surface area contributed by atoms with Gasteiger partial charge in [-0.15, -0.1) is 0 Å². The largest absolute Gasteiger partial charge is 0.436 e. The number of aromatic nitrogens is 1. The molecule has 0 radical (unpaired) electrons. The molecule has 3 aromatic carbocycles. The molecule has 0 spiro atoms. The first-order valence-electron chi connectivity index (χ1n) is 8.86. The number of oxazole rings is 1. The molecule has 4 heteroatoms. The summed E-state index contributed by atoms with van der Waals surface area (Å²) < 4.78 is 5.98. The maximum Gasteiger partial charge on any atom is 0.255 e. The highest BCUT2D eigenvalue weighted by Gasteiger charge is 2.13. The zero-order chi connectivity index (χ0) is 19.0. The van der Waals surface area contributed by atoms with E-state index in [0.717, 1.165) is 33.4 Å². The van der Waals surface area contributed by atoms with Gasteiger partial charge in [0.1, 0.15) is 5.52 Å². The second-order valence-electron chi connectivity index (χ2n) is 6.80. The van der Waals surface area contributed by atoms with Crippen molar-refractivity contribution in [3.05, 3.63) is 82.9 Å². The summed E-state index contributed by atoms with van der Waals surface area (Å²) in [5.41, 5.74) is 6.99. The van der Waals surface area contributed by atoms with Crippen LogP contribution >= 0.6 is 0 Å². The number of hydrogen-bond donors (Lipinski definition) is 1. The minimum Gasteiger partial charge on any atom is -0.436 e. The Kier molecular flexibility index (Phi) is 4.24. The Morgan fingerprint density at radius 1 is 0.926 bits per heavy atom. The van der Waals surface area contributed by atoms with E-state index in [2.05, 4.69) is 16.4 Å². The van der Waals surface area contributed by atoms with Crippen LogP contribution in [0.25, 0.3) is 22.6 Å². The van der Waals surface area contributed by atoms with Crippen LogP contribution in [0.2, 0.25) is 0 Å². The number of nitrogens with one attached hydrogen (secondary N) is 1. The highest BCUT2D eigenvalue weighted by molar-refractivity contribution is 6.05. The molecule has 0 bridgehead atoms. The predicted octanol–water partition coefficient (Wildman–Crippen LogP) is 5.67. The van der Waals surface area contributed by atoms with Gasteiger partial charge in [-0.25, -0.2) is 4.98 Å². The van der Waals surface area contributed by atoms with E-state index in [1.165, 1.54) is 0 Å². The fourth-order valence-corrected chi connectivity index (χ4v) is 3.26. The third kappa shape index (κ3) is 3.34. The van der Waals surface area contributed by atoms with Gasteiger partial charge in [0.2, 0.25) is 5.89 Å². The number of carbonyl (C=O) groups excluding carboxylic acids is 1. The van der Waals surface area contributed by atoms with Gasteiger partial charge in [-0.2, -0.15) is 0 Å². The fraction of sp³-hybridized carbons (Fsp3) is 0.130. The van der Waals surface area contributed by atoms with Crippen molar-refractivity contribution >= 4 is 22.7 Å². The number of aryl methyl sites for hydroxylation is 3. The van der Waals surface area contributed by atoms with Crippen LogP contribution in [0.3, 0.4) is 0 Å².